The molecule has 2 nitrogen and oxygen atoms in total. The molecule has 3 atom stereocenters. The maximum Gasteiger partial charge on any atom is 0.0496 e. The fourth-order valence-electron chi connectivity index (χ4n) is 2.99. The van der Waals surface area contributed by atoms with Gasteiger partial charge in [-0.15, -0.1) is 0 Å². The van der Waals surface area contributed by atoms with Gasteiger partial charge in [0.05, 0.1) is 0 Å². The fraction of sp³-hybridized carbons (Fsp3) is 0.600. The first-order chi connectivity index (χ1) is 8.58. The number of hydrogen-bond acceptors (Lipinski definition) is 2. The average Bonchev–Trinajstić information content (AvgIpc) is 2.32. The van der Waals surface area contributed by atoms with Crippen LogP contribution in [0.5, 0.6) is 0 Å². The van der Waals surface area contributed by atoms with Crippen molar-refractivity contribution in [3.05, 3.63) is 34.9 Å². The summed E-state index contributed by atoms with van der Waals surface area (Å²) in [6.07, 6.45) is 2.61. The third kappa shape index (κ3) is 3.25. The van der Waals surface area contributed by atoms with Crippen molar-refractivity contribution in [2.45, 2.75) is 38.8 Å². The molecule has 1 aromatic carbocycles. The van der Waals surface area contributed by atoms with Crippen molar-refractivity contribution < 1.29 is 0 Å². The van der Waals surface area contributed by atoms with Crippen LogP contribution in [0.25, 0.3) is 0 Å². The zero-order valence-corrected chi connectivity index (χ0v) is 12.0. The van der Waals surface area contributed by atoms with Gasteiger partial charge in [0.1, 0.15) is 0 Å². The Morgan fingerprint density at radius 1 is 1.33 bits per heavy atom. The zero-order valence-electron chi connectivity index (χ0n) is 11.3. The van der Waals surface area contributed by atoms with Gasteiger partial charge < -0.3 is 5.73 Å². The number of rotatable bonds is 3. The minimum absolute atomic E-state index is 0.136. The third-order valence-corrected chi connectivity index (χ3v) is 4.04. The highest BCUT2D eigenvalue weighted by atomic mass is 35.5. The fourth-order valence-corrected chi connectivity index (χ4v) is 3.11. The topological polar surface area (TPSA) is 29.3 Å². The first-order valence-corrected chi connectivity index (χ1v) is 7.21. The average molecular weight is 267 g/mol. The largest absolute Gasteiger partial charge is 0.326 e. The smallest absolute Gasteiger partial charge is 0.0496 e. The molecule has 2 N–H and O–H groups in total. The molecule has 0 aliphatic carbocycles. The Balaban J connectivity index is 2.19. The van der Waals surface area contributed by atoms with Gasteiger partial charge in [-0.1, -0.05) is 30.7 Å². The summed E-state index contributed by atoms with van der Waals surface area (Å²) < 4.78 is 0. The van der Waals surface area contributed by atoms with Crippen LogP contribution in [-0.2, 0) is 0 Å². The minimum atomic E-state index is 0.136. The summed E-state index contributed by atoms with van der Waals surface area (Å²) >= 11 is 5.96. The minimum Gasteiger partial charge on any atom is -0.326 e. The van der Waals surface area contributed by atoms with Gasteiger partial charge >= 0.3 is 0 Å². The van der Waals surface area contributed by atoms with Gasteiger partial charge in [0, 0.05) is 23.7 Å². The van der Waals surface area contributed by atoms with E-state index in [1.807, 2.05) is 12.1 Å². The highest BCUT2D eigenvalue weighted by molar-refractivity contribution is 6.30. The monoisotopic (exact) mass is 266 g/mol. The lowest BCUT2D eigenvalue weighted by Gasteiger charge is -2.39. The molecular formula is C15H23ClN2. The molecule has 3 unspecified atom stereocenters. The molecule has 1 saturated heterocycles. The van der Waals surface area contributed by atoms with Gasteiger partial charge in [0.2, 0.25) is 0 Å². The van der Waals surface area contributed by atoms with Crippen molar-refractivity contribution in [2.75, 3.05) is 13.1 Å². The Kier molecular flexibility index (Phi) is 4.66. The molecule has 0 saturated carbocycles. The van der Waals surface area contributed by atoms with Crippen LogP contribution in [0.15, 0.2) is 24.3 Å². The molecule has 0 radical (unpaired) electrons. The van der Waals surface area contributed by atoms with Crippen molar-refractivity contribution in [2.24, 2.45) is 11.7 Å². The molecular weight excluding hydrogens is 244 g/mol. The number of benzene rings is 1. The second kappa shape index (κ2) is 6.05. The van der Waals surface area contributed by atoms with Crippen LogP contribution in [0.3, 0.4) is 0 Å². The van der Waals surface area contributed by atoms with E-state index in [-0.39, 0.29) is 6.04 Å². The van der Waals surface area contributed by atoms with E-state index in [1.165, 1.54) is 18.4 Å². The second-order valence-electron chi connectivity index (χ2n) is 5.60. The van der Waals surface area contributed by atoms with E-state index in [9.17, 15) is 0 Å². The summed E-state index contributed by atoms with van der Waals surface area (Å²) in [5, 5.41) is 0.786. The van der Waals surface area contributed by atoms with Gasteiger partial charge in [-0.3, -0.25) is 4.90 Å². The Morgan fingerprint density at radius 3 is 2.56 bits per heavy atom. The molecule has 0 bridgehead atoms. The molecule has 2 rings (SSSR count). The Hall–Kier alpha value is -0.570. The summed E-state index contributed by atoms with van der Waals surface area (Å²) in [5.41, 5.74) is 7.49. The number of hydrogen-bond donors (Lipinski definition) is 1. The van der Waals surface area contributed by atoms with Crippen LogP contribution >= 0.6 is 11.6 Å². The lowest BCUT2D eigenvalue weighted by atomic mass is 9.93. The molecule has 0 spiro atoms. The van der Waals surface area contributed by atoms with Crippen LogP contribution < -0.4 is 5.73 Å². The summed E-state index contributed by atoms with van der Waals surface area (Å²) in [6, 6.07) is 8.58. The predicted molar refractivity (Wildman–Crippen MR) is 77.8 cm³/mol. The molecule has 3 heteroatoms. The van der Waals surface area contributed by atoms with E-state index < -0.39 is 0 Å². The summed E-state index contributed by atoms with van der Waals surface area (Å²) in [7, 11) is 0. The Bertz CT molecular complexity index is 375. The van der Waals surface area contributed by atoms with Gasteiger partial charge in [-0.25, -0.2) is 0 Å². The Labute approximate surface area is 115 Å². The van der Waals surface area contributed by atoms with Crippen molar-refractivity contribution in [3.8, 4) is 0 Å². The van der Waals surface area contributed by atoms with Gasteiger partial charge in [0.25, 0.3) is 0 Å². The second-order valence-corrected chi connectivity index (χ2v) is 6.03. The van der Waals surface area contributed by atoms with E-state index in [4.69, 9.17) is 17.3 Å². The SMILES string of the molecule is CC1CCCN(C(c2ccc(Cl)cc2)C(C)N)C1. The highest BCUT2D eigenvalue weighted by Gasteiger charge is 2.27. The molecule has 1 fully saturated rings. The molecule has 18 heavy (non-hydrogen) atoms. The molecule has 1 aliphatic rings. The molecule has 1 aromatic rings. The molecule has 0 aromatic heterocycles. The maximum absolute atomic E-state index is 6.21. The normalized spacial score (nSPS) is 24.8. The lowest BCUT2D eigenvalue weighted by molar-refractivity contribution is 0.116. The number of likely N-dealkylation sites (tertiary alicyclic amines) is 1. The van der Waals surface area contributed by atoms with E-state index in [0.29, 0.717) is 6.04 Å². The Morgan fingerprint density at radius 2 is 2.00 bits per heavy atom. The van der Waals surface area contributed by atoms with E-state index in [0.717, 1.165) is 24.0 Å². The number of nitrogens with zero attached hydrogens (tertiary/aromatic N) is 1. The molecule has 0 amide bonds. The van der Waals surface area contributed by atoms with Crippen LogP contribution in [0.1, 0.15) is 38.3 Å². The first kappa shape index (κ1) is 13.9. The molecule has 100 valence electrons. The van der Waals surface area contributed by atoms with Gasteiger partial charge in [-0.2, -0.15) is 0 Å². The quantitative estimate of drug-likeness (QED) is 0.908. The zero-order chi connectivity index (χ0) is 13.1. The van der Waals surface area contributed by atoms with Crippen LogP contribution in [0.2, 0.25) is 5.02 Å². The number of nitrogens with two attached hydrogens (primary N) is 1. The van der Waals surface area contributed by atoms with Crippen LogP contribution in [0.4, 0.5) is 0 Å². The van der Waals surface area contributed by atoms with E-state index in [1.54, 1.807) is 0 Å². The number of halogens is 1. The van der Waals surface area contributed by atoms with E-state index in [2.05, 4.69) is 30.9 Å². The van der Waals surface area contributed by atoms with Gasteiger partial charge in [-0.05, 0) is 49.9 Å². The maximum atomic E-state index is 6.21. The van der Waals surface area contributed by atoms with Crippen LogP contribution in [0, 0.1) is 5.92 Å². The standard InChI is InChI=1S/C15H23ClN2/c1-11-4-3-9-18(10-11)15(12(2)17)13-5-7-14(16)8-6-13/h5-8,11-12,15H,3-4,9-10,17H2,1-2H3. The first-order valence-electron chi connectivity index (χ1n) is 6.83. The van der Waals surface area contributed by atoms with Crippen molar-refractivity contribution >= 4 is 11.6 Å². The molecule has 1 heterocycles. The van der Waals surface area contributed by atoms with Crippen molar-refractivity contribution in [1.82, 2.24) is 4.90 Å². The van der Waals surface area contributed by atoms with E-state index >= 15 is 0 Å². The summed E-state index contributed by atoms with van der Waals surface area (Å²) in [4.78, 5) is 2.53. The summed E-state index contributed by atoms with van der Waals surface area (Å²) in [5.74, 6) is 0.771. The van der Waals surface area contributed by atoms with Crippen molar-refractivity contribution in [3.63, 3.8) is 0 Å². The van der Waals surface area contributed by atoms with Gasteiger partial charge in [0.15, 0.2) is 0 Å². The predicted octanol–water partition coefficient (Wildman–Crippen LogP) is 3.46. The molecule has 1 aliphatic heterocycles. The summed E-state index contributed by atoms with van der Waals surface area (Å²) in [6.45, 7) is 6.72. The highest BCUT2D eigenvalue weighted by Crippen LogP contribution is 2.29. The van der Waals surface area contributed by atoms with Crippen molar-refractivity contribution in [1.29, 1.82) is 0 Å². The van der Waals surface area contributed by atoms with Crippen LogP contribution in [-0.4, -0.2) is 24.0 Å². The lowest BCUT2D eigenvalue weighted by Crippen LogP contribution is -2.44. The third-order valence-electron chi connectivity index (χ3n) is 3.79. The number of piperidine rings is 1.